The number of aryl methyl sites for hydroxylation is 1. The molecule has 0 radical (unpaired) electrons. The minimum absolute atomic E-state index is 0.00528. The van der Waals surface area contributed by atoms with E-state index in [0.29, 0.717) is 17.3 Å². The van der Waals surface area contributed by atoms with E-state index in [1.807, 2.05) is 11.0 Å². The molecule has 0 amide bonds. The summed E-state index contributed by atoms with van der Waals surface area (Å²) in [4.78, 5) is 10.3. The maximum atomic E-state index is 12.4. The van der Waals surface area contributed by atoms with Gasteiger partial charge < -0.3 is 9.32 Å². The number of nitrogens with zero attached hydrogens (tertiary/aromatic N) is 3. The summed E-state index contributed by atoms with van der Waals surface area (Å²) < 4.78 is 32.4. The maximum Gasteiger partial charge on any atom is 0.258 e. The van der Waals surface area contributed by atoms with Gasteiger partial charge in [-0.05, 0) is 25.5 Å². The standard InChI is InChI=1S/C15H18N4O3S/c1-12-13(16-11-22-12)10-17-23(20,21)15-7-5-6-14(18-15)19-8-3-2-4-9-19/h2-3,5-7,11,17H,4,8-10H2,1H3. The lowest BCUT2D eigenvalue weighted by molar-refractivity contribution is 0.523. The van der Waals surface area contributed by atoms with Crippen LogP contribution in [0.15, 0.2) is 46.2 Å². The molecule has 2 aromatic rings. The molecule has 0 saturated carbocycles. The molecule has 0 fully saturated rings. The van der Waals surface area contributed by atoms with Gasteiger partial charge in [0, 0.05) is 13.1 Å². The zero-order valence-corrected chi connectivity index (χ0v) is 13.6. The SMILES string of the molecule is Cc1ocnc1CNS(=O)(=O)c1cccc(N2CC=CCC2)n1. The van der Waals surface area contributed by atoms with E-state index >= 15 is 0 Å². The first-order valence-corrected chi connectivity index (χ1v) is 8.80. The summed E-state index contributed by atoms with van der Waals surface area (Å²) in [5.74, 6) is 1.25. The second-order valence-electron chi connectivity index (χ2n) is 5.22. The van der Waals surface area contributed by atoms with Crippen LogP contribution in [0.5, 0.6) is 0 Å². The van der Waals surface area contributed by atoms with Gasteiger partial charge in [-0.15, -0.1) is 0 Å². The molecule has 0 atom stereocenters. The Kier molecular flexibility index (Phi) is 4.44. The van der Waals surface area contributed by atoms with E-state index in [9.17, 15) is 8.42 Å². The average Bonchev–Trinajstić information content (AvgIpc) is 2.99. The minimum atomic E-state index is -3.70. The molecule has 1 aliphatic rings. The second kappa shape index (κ2) is 6.51. The highest BCUT2D eigenvalue weighted by molar-refractivity contribution is 7.89. The van der Waals surface area contributed by atoms with E-state index < -0.39 is 10.0 Å². The fraction of sp³-hybridized carbons (Fsp3) is 0.333. The van der Waals surface area contributed by atoms with Crippen LogP contribution in [0.1, 0.15) is 17.9 Å². The molecule has 1 N–H and O–H groups in total. The summed E-state index contributed by atoms with van der Waals surface area (Å²) in [5, 5.41) is 0.00528. The molecule has 1 aliphatic heterocycles. The van der Waals surface area contributed by atoms with Crippen molar-refractivity contribution in [1.82, 2.24) is 14.7 Å². The van der Waals surface area contributed by atoms with E-state index in [2.05, 4.69) is 26.8 Å². The normalized spacial score (nSPS) is 15.1. The van der Waals surface area contributed by atoms with Crippen molar-refractivity contribution in [3.63, 3.8) is 0 Å². The Morgan fingerprint density at radius 2 is 2.22 bits per heavy atom. The number of aromatic nitrogens is 2. The number of anilines is 1. The zero-order valence-electron chi connectivity index (χ0n) is 12.8. The van der Waals surface area contributed by atoms with Crippen molar-refractivity contribution < 1.29 is 12.8 Å². The summed E-state index contributed by atoms with van der Waals surface area (Å²) in [6.45, 7) is 3.38. The molecule has 0 aliphatic carbocycles. The highest BCUT2D eigenvalue weighted by atomic mass is 32.2. The van der Waals surface area contributed by atoms with Crippen LogP contribution in [-0.4, -0.2) is 31.5 Å². The number of sulfonamides is 1. The van der Waals surface area contributed by atoms with Crippen molar-refractivity contribution in [3.05, 3.63) is 48.2 Å². The molecule has 0 spiro atoms. The third-order valence-corrected chi connectivity index (χ3v) is 4.94. The van der Waals surface area contributed by atoms with Crippen LogP contribution < -0.4 is 9.62 Å². The summed E-state index contributed by atoms with van der Waals surface area (Å²) in [6.07, 6.45) is 6.39. The first-order chi connectivity index (χ1) is 11.1. The molecule has 8 heteroatoms. The van der Waals surface area contributed by atoms with Gasteiger partial charge in [-0.3, -0.25) is 0 Å². The van der Waals surface area contributed by atoms with Crippen LogP contribution in [0, 0.1) is 6.92 Å². The van der Waals surface area contributed by atoms with Crippen LogP contribution in [0.2, 0.25) is 0 Å². The highest BCUT2D eigenvalue weighted by Crippen LogP contribution is 2.17. The summed E-state index contributed by atoms with van der Waals surface area (Å²) in [7, 11) is -3.70. The molecule has 7 nitrogen and oxygen atoms in total. The number of hydrogen-bond acceptors (Lipinski definition) is 6. The average molecular weight is 334 g/mol. The third kappa shape index (κ3) is 3.59. The van der Waals surface area contributed by atoms with Gasteiger partial charge in [-0.1, -0.05) is 18.2 Å². The topological polar surface area (TPSA) is 88.3 Å². The number of hydrogen-bond donors (Lipinski definition) is 1. The van der Waals surface area contributed by atoms with Gasteiger partial charge >= 0.3 is 0 Å². The first-order valence-electron chi connectivity index (χ1n) is 7.32. The Morgan fingerprint density at radius 1 is 1.35 bits per heavy atom. The number of nitrogens with one attached hydrogen (secondary N) is 1. The lowest BCUT2D eigenvalue weighted by atomic mass is 10.2. The number of pyridine rings is 1. The Hall–Kier alpha value is -2.19. The lowest BCUT2D eigenvalue weighted by Crippen LogP contribution is -2.29. The van der Waals surface area contributed by atoms with E-state index in [1.54, 1.807) is 13.0 Å². The van der Waals surface area contributed by atoms with E-state index in [1.165, 1.54) is 12.5 Å². The Balaban J connectivity index is 1.77. The third-order valence-electron chi connectivity index (χ3n) is 3.64. The van der Waals surface area contributed by atoms with Crippen molar-refractivity contribution in [2.75, 3.05) is 18.0 Å². The van der Waals surface area contributed by atoms with Crippen LogP contribution in [0.4, 0.5) is 5.82 Å². The van der Waals surface area contributed by atoms with Gasteiger partial charge in [-0.2, -0.15) is 0 Å². The Morgan fingerprint density at radius 3 is 2.91 bits per heavy atom. The van der Waals surface area contributed by atoms with Crippen LogP contribution in [0.3, 0.4) is 0 Å². The number of rotatable bonds is 5. The molecule has 23 heavy (non-hydrogen) atoms. The van der Waals surface area contributed by atoms with Crippen molar-refractivity contribution in [3.8, 4) is 0 Å². The van der Waals surface area contributed by atoms with Crippen LogP contribution in [0.25, 0.3) is 0 Å². The molecule has 122 valence electrons. The molecule has 0 unspecified atom stereocenters. The smallest absolute Gasteiger partial charge is 0.258 e. The van der Waals surface area contributed by atoms with Crippen LogP contribution in [-0.2, 0) is 16.6 Å². The maximum absolute atomic E-state index is 12.4. The fourth-order valence-electron chi connectivity index (χ4n) is 2.31. The monoisotopic (exact) mass is 334 g/mol. The van der Waals surface area contributed by atoms with Gasteiger partial charge in [0.1, 0.15) is 11.6 Å². The first kappa shape index (κ1) is 15.7. The van der Waals surface area contributed by atoms with Gasteiger partial charge in [0.05, 0.1) is 12.2 Å². The van der Waals surface area contributed by atoms with Crippen LogP contribution >= 0.6 is 0 Å². The van der Waals surface area contributed by atoms with Crippen molar-refractivity contribution in [1.29, 1.82) is 0 Å². The Bertz CT molecular complexity index is 814. The molecule has 0 bridgehead atoms. The van der Waals surface area contributed by atoms with E-state index in [0.717, 1.165) is 19.5 Å². The van der Waals surface area contributed by atoms with Crippen molar-refractivity contribution in [2.24, 2.45) is 0 Å². The highest BCUT2D eigenvalue weighted by Gasteiger charge is 2.19. The summed E-state index contributed by atoms with van der Waals surface area (Å²) in [5.41, 5.74) is 0.561. The largest absolute Gasteiger partial charge is 0.448 e. The van der Waals surface area contributed by atoms with Gasteiger partial charge in [0.15, 0.2) is 11.4 Å². The molecule has 2 aromatic heterocycles. The van der Waals surface area contributed by atoms with E-state index in [4.69, 9.17) is 4.42 Å². The lowest BCUT2D eigenvalue weighted by Gasteiger charge is -2.24. The fourth-order valence-corrected chi connectivity index (χ4v) is 3.26. The molecular weight excluding hydrogens is 316 g/mol. The van der Waals surface area contributed by atoms with E-state index in [-0.39, 0.29) is 11.6 Å². The number of oxazole rings is 1. The van der Waals surface area contributed by atoms with Gasteiger partial charge in [0.25, 0.3) is 10.0 Å². The predicted molar refractivity (Wildman–Crippen MR) is 85.5 cm³/mol. The van der Waals surface area contributed by atoms with Gasteiger partial charge in [0.2, 0.25) is 0 Å². The molecular formula is C15H18N4O3S. The molecule has 0 aromatic carbocycles. The van der Waals surface area contributed by atoms with Crippen molar-refractivity contribution >= 4 is 15.8 Å². The quantitative estimate of drug-likeness (QED) is 0.836. The minimum Gasteiger partial charge on any atom is -0.448 e. The molecule has 3 heterocycles. The summed E-state index contributed by atoms with van der Waals surface area (Å²) in [6, 6.07) is 5.01. The predicted octanol–water partition coefficient (Wildman–Crippen LogP) is 1.62. The molecule has 3 rings (SSSR count). The Labute approximate surface area is 135 Å². The van der Waals surface area contributed by atoms with Gasteiger partial charge in [-0.25, -0.2) is 23.1 Å². The van der Waals surface area contributed by atoms with Crippen molar-refractivity contribution in [2.45, 2.75) is 24.9 Å². The summed E-state index contributed by atoms with van der Waals surface area (Å²) >= 11 is 0. The molecule has 0 saturated heterocycles. The second-order valence-corrected chi connectivity index (χ2v) is 6.93. The zero-order chi connectivity index (χ0) is 16.3.